The molecule has 6 nitrogen and oxygen atoms in total. The van der Waals surface area contributed by atoms with E-state index in [2.05, 4.69) is 10.3 Å². The van der Waals surface area contributed by atoms with Crippen LogP contribution >= 0.6 is 0 Å². The monoisotopic (exact) mass is 255 g/mol. The van der Waals surface area contributed by atoms with Gasteiger partial charge < -0.3 is 14.8 Å². The Morgan fingerprint density at radius 1 is 1.50 bits per heavy atom. The summed E-state index contributed by atoms with van der Waals surface area (Å²) in [5.41, 5.74) is 0.564. The standard InChI is InChI=1S/C12H21N3O3/c1-9-7-11(16)15(12(14-9)18-4)6-5-13-10(2)8-17-3/h7,10,13H,5-6,8H2,1-4H3. The number of nitrogens with zero attached hydrogens (tertiary/aromatic N) is 2. The first-order valence-corrected chi connectivity index (χ1v) is 5.93. The van der Waals surface area contributed by atoms with Crippen molar-refractivity contribution in [3.8, 4) is 6.01 Å². The van der Waals surface area contributed by atoms with Gasteiger partial charge in [-0.25, -0.2) is 4.98 Å². The van der Waals surface area contributed by atoms with Gasteiger partial charge in [-0.2, -0.15) is 0 Å². The SMILES string of the molecule is COCC(C)NCCn1c(OC)nc(C)cc1=O. The van der Waals surface area contributed by atoms with Crippen molar-refractivity contribution in [1.29, 1.82) is 0 Å². The van der Waals surface area contributed by atoms with Crippen LogP contribution in [0.25, 0.3) is 0 Å². The zero-order valence-electron chi connectivity index (χ0n) is 11.4. The Balaban J connectivity index is 2.64. The number of hydrogen-bond acceptors (Lipinski definition) is 5. The Morgan fingerprint density at radius 2 is 2.22 bits per heavy atom. The van der Waals surface area contributed by atoms with Crippen LogP contribution in [-0.2, 0) is 11.3 Å². The van der Waals surface area contributed by atoms with Crippen LogP contribution in [0.3, 0.4) is 0 Å². The number of aryl methyl sites for hydroxylation is 1. The topological polar surface area (TPSA) is 65.4 Å². The highest BCUT2D eigenvalue weighted by molar-refractivity contribution is 5.06. The predicted molar refractivity (Wildman–Crippen MR) is 69.1 cm³/mol. The second kappa shape index (κ2) is 7.13. The van der Waals surface area contributed by atoms with Gasteiger partial charge in [-0.1, -0.05) is 0 Å². The highest BCUT2D eigenvalue weighted by atomic mass is 16.5. The van der Waals surface area contributed by atoms with Gasteiger partial charge >= 0.3 is 0 Å². The molecule has 1 atom stereocenters. The lowest BCUT2D eigenvalue weighted by Crippen LogP contribution is -2.35. The molecule has 0 saturated carbocycles. The molecule has 0 aliphatic carbocycles. The van der Waals surface area contributed by atoms with E-state index >= 15 is 0 Å². The molecular weight excluding hydrogens is 234 g/mol. The van der Waals surface area contributed by atoms with E-state index in [1.165, 1.54) is 17.7 Å². The highest BCUT2D eigenvalue weighted by Gasteiger charge is 2.07. The number of hydrogen-bond donors (Lipinski definition) is 1. The average Bonchev–Trinajstić information content (AvgIpc) is 2.31. The largest absolute Gasteiger partial charge is 0.468 e. The van der Waals surface area contributed by atoms with Crippen LogP contribution < -0.4 is 15.6 Å². The maximum atomic E-state index is 11.8. The quantitative estimate of drug-likeness (QED) is 0.753. The van der Waals surface area contributed by atoms with Crippen molar-refractivity contribution in [1.82, 2.24) is 14.9 Å². The van der Waals surface area contributed by atoms with Gasteiger partial charge in [-0.15, -0.1) is 0 Å². The molecule has 0 fully saturated rings. The van der Waals surface area contributed by atoms with Gasteiger partial charge in [0.05, 0.1) is 13.7 Å². The van der Waals surface area contributed by atoms with Gasteiger partial charge in [0.15, 0.2) is 0 Å². The Morgan fingerprint density at radius 3 is 2.83 bits per heavy atom. The van der Waals surface area contributed by atoms with E-state index in [1.54, 1.807) is 14.0 Å². The number of aromatic nitrogens is 2. The summed E-state index contributed by atoms with van der Waals surface area (Å²) < 4.78 is 11.6. The molecule has 0 bridgehead atoms. The number of methoxy groups -OCH3 is 2. The molecule has 0 radical (unpaired) electrons. The van der Waals surface area contributed by atoms with E-state index in [-0.39, 0.29) is 11.6 Å². The maximum absolute atomic E-state index is 11.8. The van der Waals surface area contributed by atoms with Crippen LogP contribution in [0, 0.1) is 6.92 Å². The van der Waals surface area contributed by atoms with Gasteiger partial charge in [0.1, 0.15) is 0 Å². The van der Waals surface area contributed by atoms with Gasteiger partial charge in [-0.05, 0) is 13.8 Å². The lowest BCUT2D eigenvalue weighted by molar-refractivity contribution is 0.171. The third-order valence-corrected chi connectivity index (χ3v) is 2.53. The molecule has 102 valence electrons. The van der Waals surface area contributed by atoms with Crippen LogP contribution in [0.15, 0.2) is 10.9 Å². The molecule has 6 heteroatoms. The molecule has 0 saturated heterocycles. The van der Waals surface area contributed by atoms with Crippen LogP contribution in [0.1, 0.15) is 12.6 Å². The van der Waals surface area contributed by atoms with E-state index in [1.807, 2.05) is 6.92 Å². The normalized spacial score (nSPS) is 12.4. The Kier molecular flexibility index (Phi) is 5.80. The van der Waals surface area contributed by atoms with Gasteiger partial charge in [0.2, 0.25) is 0 Å². The van der Waals surface area contributed by atoms with Crippen molar-refractivity contribution in [3.05, 3.63) is 22.1 Å². The molecule has 1 heterocycles. The molecule has 0 aliphatic heterocycles. The van der Waals surface area contributed by atoms with Crippen LogP contribution in [0.2, 0.25) is 0 Å². The first kappa shape index (κ1) is 14.7. The maximum Gasteiger partial charge on any atom is 0.299 e. The lowest BCUT2D eigenvalue weighted by Gasteiger charge is -2.14. The van der Waals surface area contributed by atoms with E-state index in [0.29, 0.717) is 31.4 Å². The molecule has 0 aliphatic rings. The van der Waals surface area contributed by atoms with E-state index in [9.17, 15) is 4.79 Å². The van der Waals surface area contributed by atoms with Crippen molar-refractivity contribution >= 4 is 0 Å². The Labute approximate surface area is 107 Å². The summed E-state index contributed by atoms with van der Waals surface area (Å²) in [6, 6.07) is 2.09. The second-order valence-electron chi connectivity index (χ2n) is 4.18. The smallest absolute Gasteiger partial charge is 0.299 e. The van der Waals surface area contributed by atoms with Crippen molar-refractivity contribution in [2.24, 2.45) is 0 Å². The van der Waals surface area contributed by atoms with Gasteiger partial charge in [-0.3, -0.25) is 9.36 Å². The molecular formula is C12H21N3O3. The number of rotatable bonds is 7. The van der Waals surface area contributed by atoms with Crippen LogP contribution in [0.5, 0.6) is 6.01 Å². The third-order valence-electron chi connectivity index (χ3n) is 2.53. The molecule has 0 spiro atoms. The Hall–Kier alpha value is -1.40. The van der Waals surface area contributed by atoms with Crippen LogP contribution in [-0.4, -0.2) is 43.0 Å². The minimum absolute atomic E-state index is 0.0967. The molecule has 1 rings (SSSR count). The van der Waals surface area contributed by atoms with Crippen LogP contribution in [0.4, 0.5) is 0 Å². The molecule has 1 N–H and O–H groups in total. The van der Waals surface area contributed by atoms with Crippen molar-refractivity contribution in [2.75, 3.05) is 27.4 Å². The molecule has 1 aromatic heterocycles. The number of ether oxygens (including phenoxy) is 2. The van der Waals surface area contributed by atoms with E-state index < -0.39 is 0 Å². The number of nitrogens with one attached hydrogen (secondary N) is 1. The zero-order chi connectivity index (χ0) is 13.5. The van der Waals surface area contributed by atoms with Gasteiger partial charge in [0, 0.05) is 38.0 Å². The molecule has 18 heavy (non-hydrogen) atoms. The Bertz CT molecular complexity index is 431. The fraction of sp³-hybridized carbons (Fsp3) is 0.667. The predicted octanol–water partition coefficient (Wildman–Crippen LogP) is 0.185. The summed E-state index contributed by atoms with van der Waals surface area (Å²) in [4.78, 5) is 16.0. The summed E-state index contributed by atoms with van der Waals surface area (Å²) >= 11 is 0. The zero-order valence-corrected chi connectivity index (χ0v) is 11.4. The lowest BCUT2D eigenvalue weighted by atomic mass is 10.3. The summed E-state index contributed by atoms with van der Waals surface area (Å²) in [6.07, 6.45) is 0. The summed E-state index contributed by atoms with van der Waals surface area (Å²) in [6.45, 7) is 5.61. The highest BCUT2D eigenvalue weighted by Crippen LogP contribution is 2.03. The van der Waals surface area contributed by atoms with Gasteiger partial charge in [0.25, 0.3) is 11.6 Å². The second-order valence-corrected chi connectivity index (χ2v) is 4.18. The van der Waals surface area contributed by atoms with Crippen molar-refractivity contribution < 1.29 is 9.47 Å². The fourth-order valence-electron chi connectivity index (χ4n) is 1.69. The van der Waals surface area contributed by atoms with E-state index in [0.717, 1.165) is 0 Å². The summed E-state index contributed by atoms with van der Waals surface area (Å²) in [5, 5.41) is 3.26. The molecule has 1 aromatic rings. The summed E-state index contributed by atoms with van der Waals surface area (Å²) in [5.74, 6) is 0. The molecule has 0 amide bonds. The third kappa shape index (κ3) is 4.12. The van der Waals surface area contributed by atoms with E-state index in [4.69, 9.17) is 9.47 Å². The molecule has 1 unspecified atom stereocenters. The fourth-order valence-corrected chi connectivity index (χ4v) is 1.69. The minimum Gasteiger partial charge on any atom is -0.468 e. The first-order valence-electron chi connectivity index (χ1n) is 5.93. The van der Waals surface area contributed by atoms with Crippen molar-refractivity contribution in [3.63, 3.8) is 0 Å². The van der Waals surface area contributed by atoms with Crippen molar-refractivity contribution in [2.45, 2.75) is 26.4 Å². The first-order chi connectivity index (χ1) is 8.58. The summed E-state index contributed by atoms with van der Waals surface area (Å²) in [7, 11) is 3.17. The average molecular weight is 255 g/mol. The molecule has 0 aromatic carbocycles. The minimum atomic E-state index is -0.0967.